The second-order valence-electron chi connectivity index (χ2n) is 5.23. The summed E-state index contributed by atoms with van der Waals surface area (Å²) >= 11 is 12.1. The summed E-state index contributed by atoms with van der Waals surface area (Å²) in [5, 5.41) is 1.18. The van der Waals surface area contributed by atoms with Crippen LogP contribution in [0, 0.1) is 0 Å². The van der Waals surface area contributed by atoms with Crippen LogP contribution in [0.15, 0.2) is 18.2 Å². The van der Waals surface area contributed by atoms with Crippen molar-refractivity contribution in [1.29, 1.82) is 0 Å². The molecule has 1 aromatic carbocycles. The van der Waals surface area contributed by atoms with E-state index in [1.807, 2.05) is 18.2 Å². The Morgan fingerprint density at radius 1 is 1.26 bits per heavy atom. The molecule has 0 spiro atoms. The first-order valence-corrected chi connectivity index (χ1v) is 7.48. The van der Waals surface area contributed by atoms with Gasteiger partial charge in [-0.05, 0) is 30.5 Å². The lowest BCUT2D eigenvalue weighted by molar-refractivity contribution is -0.0712. The SMILES string of the molecule is NCC1OCCN(C2CC2)C1c1ccc(Cl)c(Cl)c1. The molecule has 1 aromatic rings. The molecule has 5 heteroatoms. The van der Waals surface area contributed by atoms with Crippen LogP contribution >= 0.6 is 23.2 Å². The van der Waals surface area contributed by atoms with Crippen LogP contribution in [0.4, 0.5) is 0 Å². The molecule has 2 atom stereocenters. The van der Waals surface area contributed by atoms with Crippen molar-refractivity contribution in [3.63, 3.8) is 0 Å². The van der Waals surface area contributed by atoms with Gasteiger partial charge in [-0.15, -0.1) is 0 Å². The number of halogens is 2. The van der Waals surface area contributed by atoms with Gasteiger partial charge in [-0.1, -0.05) is 29.3 Å². The zero-order valence-corrected chi connectivity index (χ0v) is 12.2. The van der Waals surface area contributed by atoms with Gasteiger partial charge in [-0.3, -0.25) is 4.90 Å². The van der Waals surface area contributed by atoms with E-state index >= 15 is 0 Å². The van der Waals surface area contributed by atoms with E-state index in [9.17, 15) is 0 Å². The molecule has 3 nitrogen and oxygen atoms in total. The zero-order valence-electron chi connectivity index (χ0n) is 10.7. The van der Waals surface area contributed by atoms with Crippen LogP contribution in [-0.2, 0) is 4.74 Å². The predicted molar refractivity (Wildman–Crippen MR) is 77.7 cm³/mol. The summed E-state index contributed by atoms with van der Waals surface area (Å²) in [6, 6.07) is 6.71. The summed E-state index contributed by atoms with van der Waals surface area (Å²) in [7, 11) is 0. The van der Waals surface area contributed by atoms with Gasteiger partial charge in [0.2, 0.25) is 0 Å². The lowest BCUT2D eigenvalue weighted by Gasteiger charge is -2.41. The molecule has 1 heterocycles. The van der Waals surface area contributed by atoms with Gasteiger partial charge in [0.1, 0.15) is 0 Å². The first-order chi connectivity index (χ1) is 9.20. The van der Waals surface area contributed by atoms with Crippen molar-refractivity contribution in [3.05, 3.63) is 33.8 Å². The van der Waals surface area contributed by atoms with E-state index in [1.54, 1.807) is 0 Å². The third kappa shape index (κ3) is 2.76. The summed E-state index contributed by atoms with van der Waals surface area (Å²) < 4.78 is 5.83. The molecule has 1 aliphatic heterocycles. The highest BCUT2D eigenvalue weighted by atomic mass is 35.5. The van der Waals surface area contributed by atoms with Crippen LogP contribution in [0.3, 0.4) is 0 Å². The number of nitrogens with zero attached hydrogens (tertiary/aromatic N) is 1. The predicted octanol–water partition coefficient (Wildman–Crippen LogP) is 2.86. The van der Waals surface area contributed by atoms with Gasteiger partial charge < -0.3 is 10.5 Å². The lowest BCUT2D eigenvalue weighted by atomic mass is 9.97. The minimum absolute atomic E-state index is 0.0339. The van der Waals surface area contributed by atoms with Crippen molar-refractivity contribution in [2.45, 2.75) is 31.0 Å². The summed E-state index contributed by atoms with van der Waals surface area (Å²) in [4.78, 5) is 2.51. The molecule has 1 aliphatic carbocycles. The summed E-state index contributed by atoms with van der Waals surface area (Å²) in [5.41, 5.74) is 7.02. The fourth-order valence-corrected chi connectivity index (χ4v) is 3.18. The van der Waals surface area contributed by atoms with Crippen molar-refractivity contribution in [2.24, 2.45) is 5.73 Å². The number of hydrogen-bond acceptors (Lipinski definition) is 3. The molecular formula is C14H18Cl2N2O. The molecule has 2 N–H and O–H groups in total. The van der Waals surface area contributed by atoms with Crippen LogP contribution in [0.5, 0.6) is 0 Å². The number of morpholine rings is 1. The Labute approximate surface area is 123 Å². The van der Waals surface area contributed by atoms with Gasteiger partial charge in [-0.2, -0.15) is 0 Å². The van der Waals surface area contributed by atoms with Crippen molar-refractivity contribution in [1.82, 2.24) is 4.90 Å². The summed E-state index contributed by atoms with van der Waals surface area (Å²) in [6.45, 7) is 2.25. The number of nitrogens with two attached hydrogens (primary N) is 1. The number of hydrogen-bond donors (Lipinski definition) is 1. The van der Waals surface area contributed by atoms with E-state index in [2.05, 4.69) is 4.90 Å². The molecule has 0 aromatic heterocycles. The largest absolute Gasteiger partial charge is 0.374 e. The molecule has 2 fully saturated rings. The van der Waals surface area contributed by atoms with Crippen molar-refractivity contribution >= 4 is 23.2 Å². The van der Waals surface area contributed by atoms with Gasteiger partial charge in [0.25, 0.3) is 0 Å². The van der Waals surface area contributed by atoms with Crippen molar-refractivity contribution < 1.29 is 4.74 Å². The maximum absolute atomic E-state index is 6.14. The monoisotopic (exact) mass is 300 g/mol. The molecule has 0 bridgehead atoms. The van der Waals surface area contributed by atoms with E-state index in [1.165, 1.54) is 12.8 Å². The third-order valence-electron chi connectivity index (χ3n) is 3.92. The van der Waals surface area contributed by atoms with Crippen LogP contribution in [0.2, 0.25) is 10.0 Å². The quantitative estimate of drug-likeness (QED) is 0.933. The topological polar surface area (TPSA) is 38.5 Å². The zero-order chi connectivity index (χ0) is 13.4. The average molecular weight is 301 g/mol. The fraction of sp³-hybridized carbons (Fsp3) is 0.571. The maximum Gasteiger partial charge on any atom is 0.0894 e. The Morgan fingerprint density at radius 3 is 2.68 bits per heavy atom. The highest BCUT2D eigenvalue weighted by molar-refractivity contribution is 6.42. The molecule has 104 valence electrons. The first kappa shape index (κ1) is 13.7. The van der Waals surface area contributed by atoms with Gasteiger partial charge in [-0.25, -0.2) is 0 Å². The minimum atomic E-state index is 0.0339. The highest BCUT2D eigenvalue weighted by Crippen LogP contribution is 2.39. The average Bonchev–Trinajstić information content (AvgIpc) is 3.25. The molecule has 0 radical (unpaired) electrons. The van der Waals surface area contributed by atoms with Gasteiger partial charge >= 0.3 is 0 Å². The number of benzene rings is 1. The van der Waals surface area contributed by atoms with Crippen LogP contribution in [-0.4, -0.2) is 36.7 Å². The Balaban J connectivity index is 1.93. The van der Waals surface area contributed by atoms with Gasteiger partial charge in [0, 0.05) is 19.1 Å². The van der Waals surface area contributed by atoms with Crippen molar-refractivity contribution in [3.8, 4) is 0 Å². The normalized spacial score (nSPS) is 28.6. The van der Waals surface area contributed by atoms with Crippen molar-refractivity contribution in [2.75, 3.05) is 19.7 Å². The van der Waals surface area contributed by atoms with E-state index in [4.69, 9.17) is 33.7 Å². The molecule has 1 saturated carbocycles. The third-order valence-corrected chi connectivity index (χ3v) is 4.66. The van der Waals surface area contributed by atoms with E-state index in [0.717, 1.165) is 18.7 Å². The standard InChI is InChI=1S/C14H18Cl2N2O/c15-11-4-1-9(7-12(11)16)14-13(8-17)19-6-5-18(14)10-2-3-10/h1,4,7,10,13-14H,2-3,5-6,8,17H2. The van der Waals surface area contributed by atoms with Crippen LogP contribution in [0.25, 0.3) is 0 Å². The molecule has 2 aliphatic rings. The molecule has 1 saturated heterocycles. The molecule has 3 rings (SSSR count). The molecular weight excluding hydrogens is 283 g/mol. The van der Waals surface area contributed by atoms with Gasteiger partial charge in [0.05, 0.1) is 28.8 Å². The maximum atomic E-state index is 6.14. The Bertz CT molecular complexity index is 465. The van der Waals surface area contributed by atoms with Gasteiger partial charge in [0.15, 0.2) is 0 Å². The van der Waals surface area contributed by atoms with Crippen LogP contribution < -0.4 is 5.73 Å². The molecule has 19 heavy (non-hydrogen) atoms. The first-order valence-electron chi connectivity index (χ1n) is 6.73. The number of rotatable bonds is 3. The summed E-state index contributed by atoms with van der Waals surface area (Å²) in [6.07, 6.45) is 2.58. The second kappa shape index (κ2) is 5.58. The molecule has 2 unspecified atom stereocenters. The highest BCUT2D eigenvalue weighted by Gasteiger charge is 2.40. The fourth-order valence-electron chi connectivity index (χ4n) is 2.87. The van der Waals surface area contributed by atoms with E-state index in [0.29, 0.717) is 22.6 Å². The summed E-state index contributed by atoms with van der Waals surface area (Å²) in [5.74, 6) is 0. The molecule has 0 amide bonds. The Hall–Kier alpha value is -0.320. The number of ether oxygens (including phenoxy) is 1. The Kier molecular flexibility index (Phi) is 4.01. The smallest absolute Gasteiger partial charge is 0.0894 e. The van der Waals surface area contributed by atoms with E-state index < -0.39 is 0 Å². The van der Waals surface area contributed by atoms with E-state index in [-0.39, 0.29) is 12.1 Å². The Morgan fingerprint density at radius 2 is 2.05 bits per heavy atom. The second-order valence-corrected chi connectivity index (χ2v) is 6.05. The lowest BCUT2D eigenvalue weighted by Crippen LogP contribution is -2.49. The minimum Gasteiger partial charge on any atom is -0.374 e. The van der Waals surface area contributed by atoms with Crippen LogP contribution in [0.1, 0.15) is 24.4 Å².